The number of rotatable bonds is 4. The first-order chi connectivity index (χ1) is 19.5. The number of furan rings is 1. The van der Waals surface area contributed by atoms with Crippen LogP contribution in [-0.4, -0.2) is 15.6 Å². The number of nitrogens with zero attached hydrogens (tertiary/aromatic N) is 2. The fraction of sp³-hybridized carbons (Fsp3) is 0.121. The Labute approximate surface area is 233 Å². The minimum absolute atomic E-state index is 0.106. The van der Waals surface area contributed by atoms with E-state index in [0.29, 0.717) is 26.4 Å². The van der Waals surface area contributed by atoms with Gasteiger partial charge in [-0.3, -0.25) is 9.36 Å². The first-order valence-electron chi connectivity index (χ1n) is 13.1. The number of carbonyl (C=O) groups is 1. The van der Waals surface area contributed by atoms with Crippen LogP contribution in [0.1, 0.15) is 50.8 Å². The number of aryl methyl sites for hydroxylation is 2. The maximum Gasteiger partial charge on any atom is 0.335 e. The molecule has 0 amide bonds. The van der Waals surface area contributed by atoms with E-state index < -0.39 is 5.97 Å². The topological polar surface area (TPSA) is 84.8 Å². The fourth-order valence-electron chi connectivity index (χ4n) is 5.68. The second-order valence-corrected chi connectivity index (χ2v) is 11.1. The average molecular weight is 545 g/mol. The summed E-state index contributed by atoms with van der Waals surface area (Å²) in [6.45, 7) is 1.91. The molecule has 1 aliphatic heterocycles. The normalized spacial score (nSPS) is 16.2. The molecule has 0 fully saturated rings. The first kappa shape index (κ1) is 24.3. The Morgan fingerprint density at radius 1 is 1.00 bits per heavy atom. The zero-order valence-electron chi connectivity index (χ0n) is 21.6. The van der Waals surface area contributed by atoms with Gasteiger partial charge in [0.15, 0.2) is 4.80 Å². The molecule has 7 heteroatoms. The number of hydrogen-bond donors (Lipinski definition) is 1. The SMILES string of the molecule is Cc1ccc(C(=O)O)cc1-c1ccc(/C=c2/sc3n(c2=O)[C@@H](c2ccccc2)C2=C(N=3)c3ccccc3CC2)o1. The van der Waals surface area contributed by atoms with Gasteiger partial charge in [0.2, 0.25) is 0 Å². The Morgan fingerprint density at radius 2 is 1.80 bits per heavy atom. The molecule has 40 heavy (non-hydrogen) atoms. The standard InChI is InChI=1S/C33H24N2O4S/c1-19-11-12-22(32(37)38)17-26(19)27-16-14-23(39-27)18-28-31(36)35-30(21-8-3-2-4-9-21)25-15-13-20-7-5-6-10-24(20)29(25)34-33(35)40-28/h2-12,14,16-18,30H,13,15H2,1H3,(H,37,38)/b28-18+/t30-/m0/s1. The molecule has 0 bridgehead atoms. The number of benzene rings is 3. The third kappa shape index (κ3) is 3.98. The van der Waals surface area contributed by atoms with E-state index in [0.717, 1.165) is 40.8 Å². The third-order valence-electron chi connectivity index (χ3n) is 7.64. The van der Waals surface area contributed by atoms with Crippen molar-refractivity contribution in [3.8, 4) is 11.3 Å². The van der Waals surface area contributed by atoms with Gasteiger partial charge >= 0.3 is 5.97 Å². The number of aromatic nitrogens is 1. The Balaban J connectivity index is 1.38. The number of fused-ring (bicyclic) bond motifs is 3. The molecule has 1 N–H and O–H groups in total. The van der Waals surface area contributed by atoms with Gasteiger partial charge in [0.25, 0.3) is 5.56 Å². The van der Waals surface area contributed by atoms with Crippen LogP contribution in [0.25, 0.3) is 23.1 Å². The highest BCUT2D eigenvalue weighted by molar-refractivity contribution is 7.07. The predicted octanol–water partition coefficient (Wildman–Crippen LogP) is 5.59. The molecule has 2 aliphatic rings. The van der Waals surface area contributed by atoms with Crippen molar-refractivity contribution in [2.24, 2.45) is 4.99 Å². The summed E-state index contributed by atoms with van der Waals surface area (Å²) in [5.41, 5.74) is 7.30. The van der Waals surface area contributed by atoms with Crippen molar-refractivity contribution in [1.82, 2.24) is 4.57 Å². The molecule has 3 heterocycles. The molecular formula is C33H24N2O4S. The molecule has 3 aromatic carbocycles. The number of thiazole rings is 1. The molecule has 0 saturated carbocycles. The van der Waals surface area contributed by atoms with Crippen LogP contribution in [0, 0.1) is 6.92 Å². The van der Waals surface area contributed by atoms with E-state index >= 15 is 0 Å². The zero-order valence-corrected chi connectivity index (χ0v) is 22.4. The maximum atomic E-state index is 13.9. The summed E-state index contributed by atoms with van der Waals surface area (Å²) in [6.07, 6.45) is 3.51. The first-order valence-corrected chi connectivity index (χ1v) is 13.9. The van der Waals surface area contributed by atoms with E-state index in [1.54, 1.807) is 36.4 Å². The Morgan fingerprint density at radius 3 is 2.62 bits per heavy atom. The molecule has 0 spiro atoms. The molecule has 196 valence electrons. The van der Waals surface area contributed by atoms with Crippen molar-refractivity contribution in [2.75, 3.05) is 0 Å². The monoisotopic (exact) mass is 544 g/mol. The highest BCUT2D eigenvalue weighted by Crippen LogP contribution is 2.41. The molecule has 1 aliphatic carbocycles. The van der Waals surface area contributed by atoms with Crippen LogP contribution in [0.5, 0.6) is 0 Å². The lowest BCUT2D eigenvalue weighted by molar-refractivity contribution is 0.0697. The molecule has 5 aromatic rings. The highest BCUT2D eigenvalue weighted by Gasteiger charge is 2.32. The number of carboxylic acids is 1. The van der Waals surface area contributed by atoms with Gasteiger partial charge in [0.1, 0.15) is 11.5 Å². The van der Waals surface area contributed by atoms with Crippen LogP contribution < -0.4 is 14.9 Å². The molecular weight excluding hydrogens is 520 g/mol. The Hall–Kier alpha value is -4.75. The minimum atomic E-state index is -0.993. The lowest BCUT2D eigenvalue weighted by atomic mass is 9.83. The van der Waals surface area contributed by atoms with Crippen molar-refractivity contribution in [3.63, 3.8) is 0 Å². The highest BCUT2D eigenvalue weighted by atomic mass is 32.1. The number of aromatic carboxylic acids is 1. The summed E-state index contributed by atoms with van der Waals surface area (Å²) in [6, 6.07) is 26.9. The van der Waals surface area contributed by atoms with Gasteiger partial charge in [0, 0.05) is 17.2 Å². The molecule has 0 unspecified atom stereocenters. The number of carboxylic acid groups (broad SMARTS) is 1. The van der Waals surface area contributed by atoms with Crippen molar-refractivity contribution in [2.45, 2.75) is 25.8 Å². The second kappa shape index (κ2) is 9.47. The quantitative estimate of drug-likeness (QED) is 0.320. The van der Waals surface area contributed by atoms with Crippen LogP contribution in [0.2, 0.25) is 0 Å². The number of allylic oxidation sites excluding steroid dienone is 1. The summed E-state index contributed by atoms with van der Waals surface area (Å²) < 4.78 is 8.45. The van der Waals surface area contributed by atoms with Crippen molar-refractivity contribution in [3.05, 3.63) is 144 Å². The van der Waals surface area contributed by atoms with Crippen LogP contribution in [0.3, 0.4) is 0 Å². The average Bonchev–Trinajstić information content (AvgIpc) is 3.56. The van der Waals surface area contributed by atoms with E-state index in [2.05, 4.69) is 30.3 Å². The van der Waals surface area contributed by atoms with E-state index in [9.17, 15) is 14.7 Å². The summed E-state index contributed by atoms with van der Waals surface area (Å²) in [5, 5.41) is 9.41. The van der Waals surface area contributed by atoms with Crippen LogP contribution >= 0.6 is 11.3 Å². The maximum absolute atomic E-state index is 13.9. The van der Waals surface area contributed by atoms with Gasteiger partial charge in [0.05, 0.1) is 21.8 Å². The smallest absolute Gasteiger partial charge is 0.335 e. The lowest BCUT2D eigenvalue weighted by Gasteiger charge is -2.30. The van der Waals surface area contributed by atoms with Crippen LogP contribution in [0.4, 0.5) is 0 Å². The zero-order chi connectivity index (χ0) is 27.4. The van der Waals surface area contributed by atoms with E-state index in [-0.39, 0.29) is 17.2 Å². The van der Waals surface area contributed by atoms with Gasteiger partial charge in [-0.05, 0) is 66.3 Å². The van der Waals surface area contributed by atoms with Gasteiger partial charge in [-0.15, -0.1) is 0 Å². The fourth-order valence-corrected chi connectivity index (χ4v) is 6.66. The van der Waals surface area contributed by atoms with Crippen LogP contribution in [-0.2, 0) is 6.42 Å². The molecule has 6 nitrogen and oxygen atoms in total. The minimum Gasteiger partial charge on any atom is -0.478 e. The van der Waals surface area contributed by atoms with E-state index in [4.69, 9.17) is 9.41 Å². The van der Waals surface area contributed by atoms with Crippen molar-refractivity contribution < 1.29 is 14.3 Å². The van der Waals surface area contributed by atoms with Crippen LogP contribution in [0.15, 0.2) is 105 Å². The second-order valence-electron chi connectivity index (χ2n) is 10.1. The van der Waals surface area contributed by atoms with Crippen molar-refractivity contribution >= 4 is 29.1 Å². The molecule has 1 atom stereocenters. The van der Waals surface area contributed by atoms with Crippen molar-refractivity contribution in [1.29, 1.82) is 0 Å². The van der Waals surface area contributed by atoms with Gasteiger partial charge in [-0.2, -0.15) is 0 Å². The summed E-state index contributed by atoms with van der Waals surface area (Å²) in [7, 11) is 0. The Bertz CT molecular complexity index is 2030. The third-order valence-corrected chi connectivity index (χ3v) is 8.62. The van der Waals surface area contributed by atoms with Gasteiger partial charge < -0.3 is 9.52 Å². The lowest BCUT2D eigenvalue weighted by Crippen LogP contribution is -2.38. The largest absolute Gasteiger partial charge is 0.478 e. The van der Waals surface area contributed by atoms with Gasteiger partial charge in [-0.25, -0.2) is 9.79 Å². The van der Waals surface area contributed by atoms with E-state index in [1.807, 2.05) is 35.8 Å². The summed E-state index contributed by atoms with van der Waals surface area (Å²) in [5.74, 6) is 0.0760. The van der Waals surface area contributed by atoms with Gasteiger partial charge in [-0.1, -0.05) is 72.0 Å². The molecule has 0 radical (unpaired) electrons. The summed E-state index contributed by atoms with van der Waals surface area (Å²) in [4.78, 5) is 31.1. The summed E-state index contributed by atoms with van der Waals surface area (Å²) >= 11 is 1.36. The predicted molar refractivity (Wildman–Crippen MR) is 155 cm³/mol. The Kier molecular flexibility index (Phi) is 5.75. The number of hydrogen-bond acceptors (Lipinski definition) is 5. The molecule has 0 saturated heterocycles. The molecule has 7 rings (SSSR count). The van der Waals surface area contributed by atoms with E-state index in [1.165, 1.54) is 16.9 Å². The molecule has 2 aromatic heterocycles.